The van der Waals surface area contributed by atoms with Gasteiger partial charge in [0.2, 0.25) is 0 Å². The zero-order valence-corrected chi connectivity index (χ0v) is 8.25. The van der Waals surface area contributed by atoms with Gasteiger partial charge in [-0.3, -0.25) is 0 Å². The molecule has 0 aliphatic carbocycles. The molecule has 0 atom stereocenters. The highest BCUT2D eigenvalue weighted by molar-refractivity contribution is 7.98. The molecule has 1 rings (SSSR count). The van der Waals surface area contributed by atoms with Crippen LogP contribution in [0.2, 0.25) is 5.02 Å². The van der Waals surface area contributed by atoms with Crippen molar-refractivity contribution in [3.63, 3.8) is 0 Å². The first-order valence-electron chi connectivity index (χ1n) is 3.32. The summed E-state index contributed by atoms with van der Waals surface area (Å²) >= 11 is 6.79. The van der Waals surface area contributed by atoms with Crippen molar-refractivity contribution in [3.05, 3.63) is 28.5 Å². The minimum Gasteiger partial charge on any atom is -0.478 e. The fraction of sp³-hybridized carbons (Fsp3) is 0.125. The number of benzene rings is 1. The van der Waals surface area contributed by atoms with Gasteiger partial charge in [-0.25, -0.2) is 9.18 Å². The van der Waals surface area contributed by atoms with Crippen LogP contribution < -0.4 is 0 Å². The summed E-state index contributed by atoms with van der Waals surface area (Å²) in [5.41, 5.74) is -0.0914. The lowest BCUT2D eigenvalue weighted by molar-refractivity contribution is 0.0696. The molecule has 0 saturated heterocycles. The molecule has 0 unspecified atom stereocenters. The van der Waals surface area contributed by atoms with Gasteiger partial charge in [-0.05, 0) is 18.4 Å². The van der Waals surface area contributed by atoms with Crippen LogP contribution in [-0.4, -0.2) is 17.3 Å². The lowest BCUT2D eigenvalue weighted by Crippen LogP contribution is -1.98. The van der Waals surface area contributed by atoms with Crippen LogP contribution in [0.3, 0.4) is 0 Å². The largest absolute Gasteiger partial charge is 0.478 e. The van der Waals surface area contributed by atoms with Gasteiger partial charge >= 0.3 is 5.97 Å². The smallest absolute Gasteiger partial charge is 0.335 e. The van der Waals surface area contributed by atoms with E-state index in [4.69, 9.17) is 16.7 Å². The van der Waals surface area contributed by atoms with Crippen LogP contribution in [0.25, 0.3) is 0 Å². The maximum absolute atomic E-state index is 13.0. The number of hydrogen-bond donors (Lipinski definition) is 1. The zero-order valence-electron chi connectivity index (χ0n) is 6.67. The van der Waals surface area contributed by atoms with Crippen LogP contribution in [0, 0.1) is 5.82 Å². The van der Waals surface area contributed by atoms with Crippen molar-refractivity contribution in [2.45, 2.75) is 4.90 Å². The Balaban J connectivity index is 3.30. The van der Waals surface area contributed by atoms with E-state index in [9.17, 15) is 9.18 Å². The first-order valence-corrected chi connectivity index (χ1v) is 4.93. The summed E-state index contributed by atoms with van der Waals surface area (Å²) in [5, 5.41) is 8.57. The third kappa shape index (κ3) is 2.14. The Kier molecular flexibility index (Phi) is 3.17. The molecule has 0 heterocycles. The Morgan fingerprint density at radius 1 is 1.62 bits per heavy atom. The molecule has 13 heavy (non-hydrogen) atoms. The number of rotatable bonds is 2. The van der Waals surface area contributed by atoms with Crippen LogP contribution in [0.5, 0.6) is 0 Å². The van der Waals surface area contributed by atoms with Crippen molar-refractivity contribution in [2.75, 3.05) is 6.26 Å². The predicted octanol–water partition coefficient (Wildman–Crippen LogP) is 2.90. The van der Waals surface area contributed by atoms with Gasteiger partial charge in [0.05, 0.1) is 10.6 Å². The normalized spacial score (nSPS) is 10.1. The lowest BCUT2D eigenvalue weighted by Gasteiger charge is -2.03. The molecule has 70 valence electrons. The molecular weight excluding hydrogens is 215 g/mol. The number of thioether (sulfide) groups is 1. The molecule has 0 radical (unpaired) electrons. The standard InChI is InChI=1S/C8H6ClFO2S/c1-13-6-3-4(8(11)12)2-5(10)7(6)9/h2-3H,1H3,(H,11,12). The highest BCUT2D eigenvalue weighted by atomic mass is 35.5. The Bertz CT molecular complexity index is 354. The molecule has 2 nitrogen and oxygen atoms in total. The summed E-state index contributed by atoms with van der Waals surface area (Å²) in [5.74, 6) is -1.86. The van der Waals surface area contributed by atoms with Gasteiger partial charge in [0, 0.05) is 4.90 Å². The Morgan fingerprint density at radius 2 is 2.23 bits per heavy atom. The molecule has 0 spiro atoms. The molecule has 0 amide bonds. The van der Waals surface area contributed by atoms with Gasteiger partial charge in [-0.1, -0.05) is 11.6 Å². The van der Waals surface area contributed by atoms with Gasteiger partial charge in [0.25, 0.3) is 0 Å². The SMILES string of the molecule is CSc1cc(C(=O)O)cc(F)c1Cl. The Labute approximate surface area is 83.7 Å². The van der Waals surface area contributed by atoms with Crippen molar-refractivity contribution in [1.29, 1.82) is 0 Å². The maximum atomic E-state index is 13.0. The first-order chi connectivity index (χ1) is 6.06. The highest BCUT2D eigenvalue weighted by Crippen LogP contribution is 2.29. The number of hydrogen-bond acceptors (Lipinski definition) is 2. The number of carboxylic acids is 1. The lowest BCUT2D eigenvalue weighted by atomic mass is 10.2. The average molecular weight is 221 g/mol. The van der Waals surface area contributed by atoms with Crippen LogP contribution in [-0.2, 0) is 0 Å². The highest BCUT2D eigenvalue weighted by Gasteiger charge is 2.11. The predicted molar refractivity (Wildman–Crippen MR) is 50.2 cm³/mol. The molecule has 0 aromatic heterocycles. The van der Waals surface area contributed by atoms with E-state index in [-0.39, 0.29) is 10.6 Å². The van der Waals surface area contributed by atoms with Crippen LogP contribution in [0.15, 0.2) is 17.0 Å². The van der Waals surface area contributed by atoms with E-state index in [0.717, 1.165) is 6.07 Å². The Hall–Kier alpha value is -0.740. The molecule has 1 aromatic carbocycles. The molecule has 0 bridgehead atoms. The number of halogens is 2. The molecule has 1 aromatic rings. The molecule has 5 heteroatoms. The maximum Gasteiger partial charge on any atom is 0.335 e. The summed E-state index contributed by atoms with van der Waals surface area (Å²) in [6.07, 6.45) is 1.70. The van der Waals surface area contributed by atoms with E-state index >= 15 is 0 Å². The second-order valence-electron chi connectivity index (χ2n) is 2.28. The Morgan fingerprint density at radius 3 is 2.69 bits per heavy atom. The minimum atomic E-state index is -1.16. The zero-order chi connectivity index (χ0) is 10.0. The van der Waals surface area contributed by atoms with E-state index < -0.39 is 11.8 Å². The van der Waals surface area contributed by atoms with E-state index in [1.165, 1.54) is 17.8 Å². The van der Waals surface area contributed by atoms with Crippen molar-refractivity contribution >= 4 is 29.3 Å². The minimum absolute atomic E-state index is 0.0301. The van der Waals surface area contributed by atoms with Crippen LogP contribution in [0.4, 0.5) is 4.39 Å². The van der Waals surface area contributed by atoms with Gasteiger partial charge in [-0.15, -0.1) is 11.8 Å². The van der Waals surface area contributed by atoms with Crippen LogP contribution >= 0.6 is 23.4 Å². The topological polar surface area (TPSA) is 37.3 Å². The van der Waals surface area contributed by atoms with E-state index in [2.05, 4.69) is 0 Å². The first kappa shape index (κ1) is 10.3. The third-order valence-corrected chi connectivity index (χ3v) is 2.72. The van der Waals surface area contributed by atoms with Crippen molar-refractivity contribution in [2.24, 2.45) is 0 Å². The summed E-state index contributed by atoms with van der Waals surface area (Å²) in [4.78, 5) is 10.9. The summed E-state index contributed by atoms with van der Waals surface area (Å²) in [6, 6.07) is 2.25. The number of carbonyl (C=O) groups is 1. The molecule has 0 fully saturated rings. The molecule has 0 aliphatic rings. The van der Waals surface area contributed by atoms with Crippen LogP contribution in [0.1, 0.15) is 10.4 Å². The second kappa shape index (κ2) is 3.98. The fourth-order valence-corrected chi connectivity index (χ4v) is 1.70. The average Bonchev–Trinajstić information content (AvgIpc) is 2.09. The van der Waals surface area contributed by atoms with Gasteiger partial charge in [0.1, 0.15) is 5.82 Å². The molecular formula is C8H6ClFO2S. The quantitative estimate of drug-likeness (QED) is 0.779. The molecule has 0 aliphatic heterocycles. The van der Waals surface area contributed by atoms with E-state index in [1.54, 1.807) is 6.26 Å². The summed E-state index contributed by atoms with van der Waals surface area (Å²) < 4.78 is 13.0. The fourth-order valence-electron chi connectivity index (χ4n) is 0.836. The monoisotopic (exact) mass is 220 g/mol. The van der Waals surface area contributed by atoms with Gasteiger partial charge < -0.3 is 5.11 Å². The van der Waals surface area contributed by atoms with Gasteiger partial charge in [-0.2, -0.15) is 0 Å². The second-order valence-corrected chi connectivity index (χ2v) is 3.51. The number of carboxylic acid groups (broad SMARTS) is 1. The summed E-state index contributed by atoms with van der Waals surface area (Å²) in [6.45, 7) is 0. The molecule has 0 saturated carbocycles. The van der Waals surface area contributed by atoms with Crippen molar-refractivity contribution in [3.8, 4) is 0 Å². The molecule has 1 N–H and O–H groups in total. The number of aromatic carboxylic acids is 1. The van der Waals surface area contributed by atoms with E-state index in [1.807, 2.05) is 0 Å². The van der Waals surface area contributed by atoms with Crippen molar-refractivity contribution < 1.29 is 14.3 Å². The van der Waals surface area contributed by atoms with Crippen molar-refractivity contribution in [1.82, 2.24) is 0 Å². The van der Waals surface area contributed by atoms with E-state index in [0.29, 0.717) is 4.90 Å². The third-order valence-electron chi connectivity index (χ3n) is 1.46. The summed E-state index contributed by atoms with van der Waals surface area (Å²) in [7, 11) is 0. The van der Waals surface area contributed by atoms with Gasteiger partial charge in [0.15, 0.2) is 0 Å².